The zero-order valence-electron chi connectivity index (χ0n) is 15.5. The largest absolute Gasteiger partial charge is 0.497 e. The van der Waals surface area contributed by atoms with E-state index in [4.69, 9.17) is 9.47 Å². The third kappa shape index (κ3) is 4.55. The van der Waals surface area contributed by atoms with Gasteiger partial charge in [-0.05, 0) is 75.7 Å². The smallest absolute Gasteiger partial charge is 0.119 e. The molecular formula is C21H32N2O2. The highest BCUT2D eigenvalue weighted by Crippen LogP contribution is 2.31. The maximum absolute atomic E-state index is 5.93. The summed E-state index contributed by atoms with van der Waals surface area (Å²) >= 11 is 0. The second-order valence-corrected chi connectivity index (χ2v) is 7.91. The molecule has 3 fully saturated rings. The molecule has 0 spiro atoms. The number of hydrogen-bond donors (Lipinski definition) is 1. The van der Waals surface area contributed by atoms with Crippen LogP contribution in [0.25, 0.3) is 0 Å². The van der Waals surface area contributed by atoms with Crippen LogP contribution in [0.4, 0.5) is 0 Å². The second kappa shape index (κ2) is 8.07. The van der Waals surface area contributed by atoms with Gasteiger partial charge in [0.1, 0.15) is 5.75 Å². The first kappa shape index (κ1) is 17.3. The molecule has 3 aliphatic rings. The van der Waals surface area contributed by atoms with Crippen LogP contribution in [0, 0.1) is 0 Å². The summed E-state index contributed by atoms with van der Waals surface area (Å²) in [5, 5.41) is 3.97. The van der Waals surface area contributed by atoms with Crippen LogP contribution in [-0.2, 0) is 4.74 Å². The Balaban J connectivity index is 1.41. The third-order valence-electron chi connectivity index (χ3n) is 6.05. The molecule has 4 rings (SSSR count). The van der Waals surface area contributed by atoms with Gasteiger partial charge in [-0.3, -0.25) is 0 Å². The fraction of sp³-hybridized carbons (Fsp3) is 0.714. The van der Waals surface area contributed by atoms with Gasteiger partial charge < -0.3 is 19.7 Å². The van der Waals surface area contributed by atoms with Crippen molar-refractivity contribution < 1.29 is 9.47 Å². The van der Waals surface area contributed by atoms with Crippen molar-refractivity contribution in [2.45, 2.75) is 69.2 Å². The van der Waals surface area contributed by atoms with Gasteiger partial charge >= 0.3 is 0 Å². The topological polar surface area (TPSA) is 33.7 Å². The van der Waals surface area contributed by atoms with Crippen LogP contribution in [0.15, 0.2) is 24.3 Å². The lowest BCUT2D eigenvalue weighted by molar-refractivity contribution is 0.0902. The zero-order valence-corrected chi connectivity index (χ0v) is 15.5. The van der Waals surface area contributed by atoms with E-state index in [1.54, 1.807) is 7.11 Å². The van der Waals surface area contributed by atoms with Gasteiger partial charge in [0.25, 0.3) is 0 Å². The van der Waals surface area contributed by atoms with Crippen LogP contribution in [0.2, 0.25) is 0 Å². The third-order valence-corrected chi connectivity index (χ3v) is 6.05. The van der Waals surface area contributed by atoms with E-state index in [9.17, 15) is 0 Å². The molecule has 1 aliphatic carbocycles. The molecule has 138 valence electrons. The minimum Gasteiger partial charge on any atom is -0.497 e. The lowest BCUT2D eigenvalue weighted by Gasteiger charge is -2.35. The Bertz CT molecular complexity index is 547. The minimum atomic E-state index is 0.357. The summed E-state index contributed by atoms with van der Waals surface area (Å²) in [5.74, 6) is 0.945. The first-order chi connectivity index (χ1) is 12.3. The Morgan fingerprint density at radius 2 is 2.04 bits per heavy atom. The molecule has 0 radical (unpaired) electrons. The molecule has 1 aromatic carbocycles. The van der Waals surface area contributed by atoms with Gasteiger partial charge in [0, 0.05) is 24.7 Å². The number of ether oxygens (including phenoxy) is 2. The lowest BCUT2D eigenvalue weighted by Crippen LogP contribution is -2.44. The van der Waals surface area contributed by atoms with Crippen molar-refractivity contribution >= 4 is 0 Å². The molecule has 1 saturated carbocycles. The van der Waals surface area contributed by atoms with Gasteiger partial charge in [0.05, 0.1) is 13.2 Å². The van der Waals surface area contributed by atoms with Gasteiger partial charge in [-0.15, -0.1) is 0 Å². The van der Waals surface area contributed by atoms with E-state index in [-0.39, 0.29) is 0 Å². The van der Waals surface area contributed by atoms with Crippen LogP contribution in [0.1, 0.15) is 56.6 Å². The summed E-state index contributed by atoms with van der Waals surface area (Å²) in [6, 6.07) is 10.4. The lowest BCUT2D eigenvalue weighted by atomic mass is 9.96. The summed E-state index contributed by atoms with van der Waals surface area (Å²) in [7, 11) is 1.75. The minimum absolute atomic E-state index is 0.357. The Morgan fingerprint density at radius 3 is 2.72 bits per heavy atom. The van der Waals surface area contributed by atoms with Crippen molar-refractivity contribution in [3.8, 4) is 5.75 Å². The van der Waals surface area contributed by atoms with Crippen LogP contribution >= 0.6 is 0 Å². The highest BCUT2D eigenvalue weighted by atomic mass is 16.5. The van der Waals surface area contributed by atoms with Crippen molar-refractivity contribution in [2.24, 2.45) is 0 Å². The van der Waals surface area contributed by atoms with Gasteiger partial charge in [0.2, 0.25) is 0 Å². The predicted octanol–water partition coefficient (Wildman–Crippen LogP) is 3.52. The maximum atomic E-state index is 5.93. The van der Waals surface area contributed by atoms with Crippen molar-refractivity contribution in [2.75, 3.05) is 26.8 Å². The molecule has 4 nitrogen and oxygen atoms in total. The average molecular weight is 344 g/mol. The van der Waals surface area contributed by atoms with Crippen molar-refractivity contribution in [3.63, 3.8) is 0 Å². The molecule has 1 N–H and O–H groups in total. The molecule has 0 amide bonds. The quantitative estimate of drug-likeness (QED) is 0.820. The van der Waals surface area contributed by atoms with Crippen molar-refractivity contribution in [1.82, 2.24) is 10.2 Å². The molecule has 2 aliphatic heterocycles. The Kier molecular flexibility index (Phi) is 5.59. The average Bonchev–Trinajstić information content (AvgIpc) is 3.39. The fourth-order valence-corrected chi connectivity index (χ4v) is 4.41. The first-order valence-corrected chi connectivity index (χ1v) is 10.1. The van der Waals surface area contributed by atoms with Gasteiger partial charge in [-0.2, -0.15) is 0 Å². The predicted molar refractivity (Wildman–Crippen MR) is 100 cm³/mol. The number of benzene rings is 1. The summed E-state index contributed by atoms with van der Waals surface area (Å²) in [6.07, 6.45) is 9.24. The molecule has 0 bridgehead atoms. The molecule has 2 heterocycles. The van der Waals surface area contributed by atoms with Crippen LogP contribution in [0.3, 0.4) is 0 Å². The Morgan fingerprint density at radius 1 is 1.20 bits per heavy atom. The molecular weight excluding hydrogens is 312 g/mol. The number of nitrogens with zero attached hydrogens (tertiary/aromatic N) is 1. The summed E-state index contributed by atoms with van der Waals surface area (Å²) in [6.45, 7) is 3.44. The van der Waals surface area contributed by atoms with E-state index in [2.05, 4.69) is 28.4 Å². The summed E-state index contributed by atoms with van der Waals surface area (Å²) < 4.78 is 11.4. The van der Waals surface area contributed by atoms with E-state index < -0.39 is 0 Å². The molecule has 25 heavy (non-hydrogen) atoms. The number of piperidine rings is 1. The number of hydrogen-bond acceptors (Lipinski definition) is 4. The van der Waals surface area contributed by atoms with E-state index in [0.717, 1.165) is 24.8 Å². The first-order valence-electron chi connectivity index (χ1n) is 10.1. The molecule has 2 saturated heterocycles. The van der Waals surface area contributed by atoms with Crippen molar-refractivity contribution in [1.29, 1.82) is 0 Å². The van der Waals surface area contributed by atoms with Crippen LogP contribution in [0.5, 0.6) is 5.75 Å². The van der Waals surface area contributed by atoms with Crippen molar-refractivity contribution in [3.05, 3.63) is 29.8 Å². The zero-order chi connectivity index (χ0) is 17.1. The monoisotopic (exact) mass is 344 g/mol. The highest BCUT2D eigenvalue weighted by molar-refractivity contribution is 5.30. The number of methoxy groups -OCH3 is 1. The maximum Gasteiger partial charge on any atom is 0.119 e. The highest BCUT2D eigenvalue weighted by Gasteiger charge is 2.33. The van der Waals surface area contributed by atoms with E-state index in [0.29, 0.717) is 18.2 Å². The number of nitrogens with one attached hydrogen (secondary N) is 1. The molecule has 4 heteroatoms. The number of rotatable bonds is 7. The molecule has 0 unspecified atom stereocenters. The fourth-order valence-electron chi connectivity index (χ4n) is 4.41. The molecule has 1 aromatic rings. The van der Waals surface area contributed by atoms with E-state index >= 15 is 0 Å². The normalized spacial score (nSPS) is 26.7. The summed E-state index contributed by atoms with van der Waals surface area (Å²) in [4.78, 5) is 2.69. The SMILES string of the molecule is COc1cccc([C@H](C[C@H]2CCCO2)NC2CCN(C3CC3)CC2)c1. The van der Waals surface area contributed by atoms with E-state index in [1.807, 2.05) is 6.07 Å². The number of likely N-dealkylation sites (tertiary alicyclic amines) is 1. The van der Waals surface area contributed by atoms with Crippen LogP contribution < -0.4 is 10.1 Å². The summed E-state index contributed by atoms with van der Waals surface area (Å²) in [5.41, 5.74) is 1.33. The van der Waals surface area contributed by atoms with Gasteiger partial charge in [-0.25, -0.2) is 0 Å². The second-order valence-electron chi connectivity index (χ2n) is 7.91. The van der Waals surface area contributed by atoms with E-state index in [1.165, 1.54) is 57.2 Å². The Hall–Kier alpha value is -1.10. The van der Waals surface area contributed by atoms with Gasteiger partial charge in [0.15, 0.2) is 0 Å². The van der Waals surface area contributed by atoms with Crippen LogP contribution in [-0.4, -0.2) is 49.9 Å². The Labute approximate surface area is 151 Å². The standard InChI is InChI=1S/C21H32N2O2/c1-24-19-5-2-4-16(14-19)21(15-20-6-3-13-25-20)22-17-9-11-23(12-10-17)18-7-8-18/h2,4-5,14,17-18,20-22H,3,6-13,15H2,1H3/t20-,21+/m1/s1. The molecule has 2 atom stereocenters. The molecule has 0 aromatic heterocycles. The van der Waals surface area contributed by atoms with Gasteiger partial charge in [-0.1, -0.05) is 12.1 Å².